The number of anilines is 1. The lowest BCUT2D eigenvalue weighted by Gasteiger charge is -2.32. The Morgan fingerprint density at radius 1 is 1.26 bits per heavy atom. The molecule has 1 aliphatic heterocycles. The fourth-order valence-corrected chi connectivity index (χ4v) is 2.75. The van der Waals surface area contributed by atoms with Gasteiger partial charge in [0.1, 0.15) is 0 Å². The van der Waals surface area contributed by atoms with Crippen LogP contribution < -0.4 is 5.32 Å². The first-order chi connectivity index (χ1) is 11.0. The Labute approximate surface area is 138 Å². The van der Waals surface area contributed by atoms with Crippen LogP contribution in [0.4, 0.5) is 5.69 Å². The molecule has 1 N–H and O–H groups in total. The lowest BCUT2D eigenvalue weighted by atomic mass is 10.0. The van der Waals surface area contributed by atoms with E-state index in [9.17, 15) is 9.59 Å². The number of rotatable bonds is 5. The number of carbonyl (C=O) groups excluding carboxylic acids is 2. The minimum Gasteiger partial charge on any atom is -0.459 e. The molecule has 1 amide bonds. The van der Waals surface area contributed by atoms with Gasteiger partial charge in [0.25, 0.3) is 0 Å². The topological polar surface area (TPSA) is 58.6 Å². The normalized spacial score (nSPS) is 18.7. The maximum absolute atomic E-state index is 12.1. The molecule has 23 heavy (non-hydrogen) atoms. The second-order valence-corrected chi connectivity index (χ2v) is 6.39. The summed E-state index contributed by atoms with van der Waals surface area (Å²) in [5, 5.41) is 2.88. The lowest BCUT2D eigenvalue weighted by Crippen LogP contribution is -2.42. The Bertz CT molecular complexity index is 540. The Kier molecular flexibility index (Phi) is 6.16. The zero-order valence-electron chi connectivity index (χ0n) is 14.2. The maximum atomic E-state index is 12.1. The van der Waals surface area contributed by atoms with Crippen LogP contribution in [-0.4, -0.2) is 42.0 Å². The Morgan fingerprint density at radius 2 is 1.96 bits per heavy atom. The van der Waals surface area contributed by atoms with Gasteiger partial charge in [-0.25, -0.2) is 4.79 Å². The summed E-state index contributed by atoms with van der Waals surface area (Å²) < 4.78 is 5.14. The molecule has 1 saturated heterocycles. The first-order valence-electron chi connectivity index (χ1n) is 8.30. The SMILES string of the molecule is CC(C)OC(=O)c1ccc(NC(=O)CN2CCCC[C@H]2C)cc1. The highest BCUT2D eigenvalue weighted by molar-refractivity contribution is 5.94. The predicted octanol–water partition coefficient (Wildman–Crippen LogP) is 3.06. The van der Waals surface area contributed by atoms with Crippen molar-refractivity contribution in [2.45, 2.75) is 52.2 Å². The standard InChI is InChI=1S/C18H26N2O3/c1-13(2)23-18(22)15-7-9-16(10-8-15)19-17(21)12-20-11-5-4-6-14(20)3/h7-10,13-14H,4-6,11-12H2,1-3H3,(H,19,21)/t14-/m1/s1. The highest BCUT2D eigenvalue weighted by atomic mass is 16.5. The summed E-state index contributed by atoms with van der Waals surface area (Å²) in [5.41, 5.74) is 1.18. The van der Waals surface area contributed by atoms with Gasteiger partial charge in [-0.1, -0.05) is 6.42 Å². The van der Waals surface area contributed by atoms with Crippen LogP contribution >= 0.6 is 0 Å². The largest absolute Gasteiger partial charge is 0.459 e. The van der Waals surface area contributed by atoms with Crippen molar-refractivity contribution < 1.29 is 14.3 Å². The fraction of sp³-hybridized carbons (Fsp3) is 0.556. The smallest absolute Gasteiger partial charge is 0.338 e. The van der Waals surface area contributed by atoms with Gasteiger partial charge in [-0.3, -0.25) is 9.69 Å². The summed E-state index contributed by atoms with van der Waals surface area (Å²) in [5.74, 6) is -0.365. The van der Waals surface area contributed by atoms with Crippen molar-refractivity contribution in [1.29, 1.82) is 0 Å². The maximum Gasteiger partial charge on any atom is 0.338 e. The number of likely N-dealkylation sites (tertiary alicyclic amines) is 1. The van der Waals surface area contributed by atoms with Crippen molar-refractivity contribution in [3.05, 3.63) is 29.8 Å². The van der Waals surface area contributed by atoms with Crippen LogP contribution in [0, 0.1) is 0 Å². The molecule has 2 rings (SSSR count). The number of ether oxygens (including phenoxy) is 1. The van der Waals surface area contributed by atoms with E-state index in [4.69, 9.17) is 4.74 Å². The number of hydrogen-bond donors (Lipinski definition) is 1. The number of benzene rings is 1. The molecule has 1 aromatic carbocycles. The van der Waals surface area contributed by atoms with E-state index >= 15 is 0 Å². The van der Waals surface area contributed by atoms with E-state index in [1.807, 2.05) is 13.8 Å². The molecule has 1 fully saturated rings. The second kappa shape index (κ2) is 8.11. The Hall–Kier alpha value is -1.88. The van der Waals surface area contributed by atoms with Gasteiger partial charge in [-0.05, 0) is 64.4 Å². The Morgan fingerprint density at radius 3 is 2.57 bits per heavy atom. The van der Waals surface area contributed by atoms with Gasteiger partial charge in [0, 0.05) is 11.7 Å². The lowest BCUT2D eigenvalue weighted by molar-refractivity contribution is -0.118. The van der Waals surface area contributed by atoms with Gasteiger partial charge in [-0.15, -0.1) is 0 Å². The number of esters is 1. The van der Waals surface area contributed by atoms with Crippen molar-refractivity contribution in [3.63, 3.8) is 0 Å². The summed E-state index contributed by atoms with van der Waals surface area (Å²) in [6.45, 7) is 7.19. The van der Waals surface area contributed by atoms with Gasteiger partial charge in [0.2, 0.25) is 5.91 Å². The average molecular weight is 318 g/mol. The minimum atomic E-state index is -0.347. The van der Waals surface area contributed by atoms with Crippen molar-refractivity contribution in [2.75, 3.05) is 18.4 Å². The van der Waals surface area contributed by atoms with E-state index in [0.29, 0.717) is 23.8 Å². The van der Waals surface area contributed by atoms with Gasteiger partial charge < -0.3 is 10.1 Å². The molecule has 0 bridgehead atoms. The van der Waals surface area contributed by atoms with E-state index in [0.717, 1.165) is 19.4 Å². The van der Waals surface area contributed by atoms with Crippen LogP contribution in [0.5, 0.6) is 0 Å². The van der Waals surface area contributed by atoms with Crippen LogP contribution in [0.25, 0.3) is 0 Å². The summed E-state index contributed by atoms with van der Waals surface area (Å²) in [7, 11) is 0. The molecule has 0 aliphatic carbocycles. The van der Waals surface area contributed by atoms with Crippen LogP contribution in [0.2, 0.25) is 0 Å². The zero-order chi connectivity index (χ0) is 16.8. The molecule has 1 aliphatic rings. The predicted molar refractivity (Wildman–Crippen MR) is 90.5 cm³/mol. The third-order valence-electron chi connectivity index (χ3n) is 4.03. The molecule has 1 aromatic rings. The van der Waals surface area contributed by atoms with E-state index in [1.54, 1.807) is 24.3 Å². The Balaban J connectivity index is 1.87. The van der Waals surface area contributed by atoms with Crippen LogP contribution in [0.3, 0.4) is 0 Å². The highest BCUT2D eigenvalue weighted by Crippen LogP contribution is 2.16. The monoisotopic (exact) mass is 318 g/mol. The number of carbonyl (C=O) groups is 2. The molecule has 0 saturated carbocycles. The van der Waals surface area contributed by atoms with E-state index in [2.05, 4.69) is 17.1 Å². The van der Waals surface area contributed by atoms with E-state index < -0.39 is 0 Å². The third kappa shape index (κ3) is 5.36. The number of nitrogens with zero attached hydrogens (tertiary/aromatic N) is 1. The molecule has 126 valence electrons. The summed E-state index contributed by atoms with van der Waals surface area (Å²) in [6, 6.07) is 7.26. The van der Waals surface area contributed by atoms with Crippen molar-refractivity contribution in [1.82, 2.24) is 4.90 Å². The fourth-order valence-electron chi connectivity index (χ4n) is 2.75. The molecule has 0 unspecified atom stereocenters. The molecule has 1 atom stereocenters. The first kappa shape index (κ1) is 17.5. The quantitative estimate of drug-likeness (QED) is 0.848. The van der Waals surface area contributed by atoms with E-state index in [1.165, 1.54) is 6.42 Å². The van der Waals surface area contributed by atoms with E-state index in [-0.39, 0.29) is 18.0 Å². The van der Waals surface area contributed by atoms with Gasteiger partial charge >= 0.3 is 5.97 Å². The summed E-state index contributed by atoms with van der Waals surface area (Å²) >= 11 is 0. The van der Waals surface area contributed by atoms with Gasteiger partial charge in [0.15, 0.2) is 0 Å². The number of nitrogens with one attached hydrogen (secondary N) is 1. The number of hydrogen-bond acceptors (Lipinski definition) is 4. The van der Waals surface area contributed by atoms with Crippen LogP contribution in [0.15, 0.2) is 24.3 Å². The first-order valence-corrected chi connectivity index (χ1v) is 8.30. The molecule has 0 aromatic heterocycles. The van der Waals surface area contributed by atoms with Crippen molar-refractivity contribution in [3.8, 4) is 0 Å². The molecule has 5 nitrogen and oxygen atoms in total. The van der Waals surface area contributed by atoms with Crippen LogP contribution in [0.1, 0.15) is 50.4 Å². The number of amides is 1. The highest BCUT2D eigenvalue weighted by Gasteiger charge is 2.20. The number of piperidine rings is 1. The molecule has 0 radical (unpaired) electrons. The average Bonchev–Trinajstić information content (AvgIpc) is 2.49. The third-order valence-corrected chi connectivity index (χ3v) is 4.03. The summed E-state index contributed by atoms with van der Waals surface area (Å²) in [6.07, 6.45) is 3.41. The van der Waals surface area contributed by atoms with Crippen molar-refractivity contribution >= 4 is 17.6 Å². The molecule has 0 spiro atoms. The van der Waals surface area contributed by atoms with Gasteiger partial charge in [-0.2, -0.15) is 0 Å². The molecule has 5 heteroatoms. The van der Waals surface area contributed by atoms with Gasteiger partial charge in [0.05, 0.1) is 18.2 Å². The molecular weight excluding hydrogens is 292 g/mol. The van der Waals surface area contributed by atoms with Crippen molar-refractivity contribution in [2.24, 2.45) is 0 Å². The second-order valence-electron chi connectivity index (χ2n) is 6.39. The molecular formula is C18H26N2O3. The zero-order valence-corrected chi connectivity index (χ0v) is 14.2. The minimum absolute atomic E-state index is 0.0174. The van der Waals surface area contributed by atoms with Crippen LogP contribution in [-0.2, 0) is 9.53 Å². The molecule has 1 heterocycles. The summed E-state index contributed by atoms with van der Waals surface area (Å²) in [4.78, 5) is 26.1.